The van der Waals surface area contributed by atoms with Crippen molar-refractivity contribution in [1.82, 2.24) is 4.90 Å². The summed E-state index contributed by atoms with van der Waals surface area (Å²) in [5.41, 5.74) is 5.34. The summed E-state index contributed by atoms with van der Waals surface area (Å²) in [7, 11) is 1.76. The van der Waals surface area contributed by atoms with E-state index in [1.54, 1.807) is 11.9 Å². The van der Waals surface area contributed by atoms with Gasteiger partial charge in [0.25, 0.3) is 0 Å². The standard InChI is InChI=1S/C7H14N2O2/c1-9-6(3-2-4-8)5-11-7(9)10/h6H,2-5,8H2,1H3. The van der Waals surface area contributed by atoms with Gasteiger partial charge in [0.1, 0.15) is 6.61 Å². The van der Waals surface area contributed by atoms with Gasteiger partial charge >= 0.3 is 6.09 Å². The number of cyclic esters (lactones) is 1. The molecule has 1 saturated heterocycles. The molecule has 1 unspecified atom stereocenters. The van der Waals surface area contributed by atoms with Gasteiger partial charge in [-0.2, -0.15) is 0 Å². The normalized spacial score (nSPS) is 24.0. The zero-order valence-corrected chi connectivity index (χ0v) is 6.75. The lowest BCUT2D eigenvalue weighted by molar-refractivity contribution is 0.163. The minimum atomic E-state index is -0.216. The Kier molecular flexibility index (Phi) is 2.70. The summed E-state index contributed by atoms with van der Waals surface area (Å²) in [6.07, 6.45) is 1.68. The lowest BCUT2D eigenvalue weighted by Gasteiger charge is -2.14. The molecule has 1 atom stereocenters. The Bertz CT molecular complexity index is 149. The van der Waals surface area contributed by atoms with E-state index in [0.717, 1.165) is 12.8 Å². The quantitative estimate of drug-likeness (QED) is 0.637. The van der Waals surface area contributed by atoms with Crippen molar-refractivity contribution in [3.05, 3.63) is 0 Å². The molecular formula is C7H14N2O2. The third-order valence-corrected chi connectivity index (χ3v) is 1.98. The first-order chi connectivity index (χ1) is 5.25. The first kappa shape index (κ1) is 8.33. The molecule has 0 aliphatic carbocycles. The van der Waals surface area contributed by atoms with Gasteiger partial charge in [-0.25, -0.2) is 4.79 Å². The lowest BCUT2D eigenvalue weighted by Crippen LogP contribution is -2.29. The Labute approximate surface area is 66.3 Å². The van der Waals surface area contributed by atoms with E-state index in [4.69, 9.17) is 10.5 Å². The van der Waals surface area contributed by atoms with Gasteiger partial charge in [0, 0.05) is 7.05 Å². The zero-order chi connectivity index (χ0) is 8.27. The van der Waals surface area contributed by atoms with Crippen molar-refractivity contribution in [2.75, 3.05) is 20.2 Å². The average molecular weight is 158 g/mol. The van der Waals surface area contributed by atoms with Crippen LogP contribution in [0.1, 0.15) is 12.8 Å². The molecule has 0 saturated carbocycles. The van der Waals surface area contributed by atoms with Crippen LogP contribution in [0.3, 0.4) is 0 Å². The second kappa shape index (κ2) is 3.57. The highest BCUT2D eigenvalue weighted by Crippen LogP contribution is 2.13. The van der Waals surface area contributed by atoms with Gasteiger partial charge in [0.05, 0.1) is 6.04 Å². The van der Waals surface area contributed by atoms with E-state index >= 15 is 0 Å². The molecule has 1 aliphatic heterocycles. The van der Waals surface area contributed by atoms with Crippen LogP contribution in [0.15, 0.2) is 0 Å². The lowest BCUT2D eigenvalue weighted by atomic mass is 10.1. The van der Waals surface area contributed by atoms with Gasteiger partial charge in [0.15, 0.2) is 0 Å². The number of ether oxygens (including phenoxy) is 1. The fraction of sp³-hybridized carbons (Fsp3) is 0.857. The maximum atomic E-state index is 10.8. The molecule has 4 heteroatoms. The molecular weight excluding hydrogens is 144 g/mol. The summed E-state index contributed by atoms with van der Waals surface area (Å²) in [6.45, 7) is 1.20. The molecule has 11 heavy (non-hydrogen) atoms. The Morgan fingerprint density at radius 3 is 3.00 bits per heavy atom. The Morgan fingerprint density at radius 2 is 2.55 bits per heavy atom. The second-order valence-electron chi connectivity index (χ2n) is 2.77. The predicted octanol–water partition coefficient (Wildman–Crippen LogP) is 0.176. The summed E-state index contributed by atoms with van der Waals surface area (Å²) in [6, 6.07) is 0.242. The molecule has 4 nitrogen and oxygen atoms in total. The van der Waals surface area contributed by atoms with E-state index in [0.29, 0.717) is 13.2 Å². The van der Waals surface area contributed by atoms with Crippen LogP contribution >= 0.6 is 0 Å². The van der Waals surface area contributed by atoms with Crippen molar-refractivity contribution in [2.45, 2.75) is 18.9 Å². The average Bonchev–Trinajstić information content (AvgIpc) is 2.31. The Hall–Kier alpha value is -0.770. The highest BCUT2D eigenvalue weighted by Gasteiger charge is 2.28. The van der Waals surface area contributed by atoms with Crippen molar-refractivity contribution in [3.8, 4) is 0 Å². The second-order valence-corrected chi connectivity index (χ2v) is 2.77. The first-order valence-corrected chi connectivity index (χ1v) is 3.85. The Morgan fingerprint density at radius 1 is 1.82 bits per heavy atom. The van der Waals surface area contributed by atoms with Crippen LogP contribution in [0.5, 0.6) is 0 Å². The van der Waals surface area contributed by atoms with E-state index < -0.39 is 0 Å². The van der Waals surface area contributed by atoms with E-state index in [-0.39, 0.29) is 12.1 Å². The summed E-state index contributed by atoms with van der Waals surface area (Å²) in [4.78, 5) is 12.5. The minimum absolute atomic E-state index is 0.216. The summed E-state index contributed by atoms with van der Waals surface area (Å²) in [5.74, 6) is 0. The number of hydrogen-bond donors (Lipinski definition) is 1. The Balaban J connectivity index is 2.30. The highest BCUT2D eigenvalue weighted by atomic mass is 16.6. The maximum Gasteiger partial charge on any atom is 0.409 e. The highest BCUT2D eigenvalue weighted by molar-refractivity contribution is 5.69. The third-order valence-electron chi connectivity index (χ3n) is 1.98. The molecule has 64 valence electrons. The largest absolute Gasteiger partial charge is 0.447 e. The van der Waals surface area contributed by atoms with Gasteiger partial charge in [-0.3, -0.25) is 0 Å². The van der Waals surface area contributed by atoms with Crippen LogP contribution < -0.4 is 5.73 Å². The SMILES string of the molecule is CN1C(=O)OCC1CCCN. The number of carbonyl (C=O) groups excluding carboxylic acids is 1. The van der Waals surface area contributed by atoms with Gasteiger partial charge < -0.3 is 15.4 Å². The fourth-order valence-corrected chi connectivity index (χ4v) is 1.16. The van der Waals surface area contributed by atoms with Gasteiger partial charge in [-0.15, -0.1) is 0 Å². The summed E-state index contributed by atoms with van der Waals surface area (Å²) in [5, 5.41) is 0. The molecule has 0 spiro atoms. The van der Waals surface area contributed by atoms with E-state index in [1.807, 2.05) is 0 Å². The van der Waals surface area contributed by atoms with Gasteiger partial charge in [0.2, 0.25) is 0 Å². The number of nitrogens with zero attached hydrogens (tertiary/aromatic N) is 1. The molecule has 1 fully saturated rings. The number of hydrogen-bond acceptors (Lipinski definition) is 3. The molecule has 0 radical (unpaired) electrons. The van der Waals surface area contributed by atoms with Crippen molar-refractivity contribution in [1.29, 1.82) is 0 Å². The third kappa shape index (κ3) is 1.83. The predicted molar refractivity (Wildman–Crippen MR) is 41.2 cm³/mol. The van der Waals surface area contributed by atoms with Crippen molar-refractivity contribution in [2.24, 2.45) is 5.73 Å². The number of amides is 1. The number of carbonyl (C=O) groups is 1. The molecule has 0 aromatic heterocycles. The van der Waals surface area contributed by atoms with Crippen LogP contribution in [0.2, 0.25) is 0 Å². The van der Waals surface area contributed by atoms with E-state index in [2.05, 4.69) is 0 Å². The zero-order valence-electron chi connectivity index (χ0n) is 6.75. The first-order valence-electron chi connectivity index (χ1n) is 3.85. The van der Waals surface area contributed by atoms with Crippen molar-refractivity contribution < 1.29 is 9.53 Å². The van der Waals surface area contributed by atoms with Crippen LogP contribution in [-0.2, 0) is 4.74 Å². The molecule has 1 rings (SSSR count). The molecule has 1 heterocycles. The number of likely N-dealkylation sites (N-methyl/N-ethyl adjacent to an activating group) is 1. The van der Waals surface area contributed by atoms with Gasteiger partial charge in [-0.05, 0) is 19.4 Å². The number of nitrogens with two attached hydrogens (primary N) is 1. The van der Waals surface area contributed by atoms with Crippen LogP contribution in [0.4, 0.5) is 4.79 Å². The van der Waals surface area contributed by atoms with E-state index in [9.17, 15) is 4.79 Å². The molecule has 0 aromatic rings. The van der Waals surface area contributed by atoms with Crippen molar-refractivity contribution in [3.63, 3.8) is 0 Å². The van der Waals surface area contributed by atoms with Crippen LogP contribution in [0.25, 0.3) is 0 Å². The number of rotatable bonds is 3. The van der Waals surface area contributed by atoms with Crippen LogP contribution in [-0.4, -0.2) is 37.2 Å². The van der Waals surface area contributed by atoms with Crippen molar-refractivity contribution >= 4 is 6.09 Å². The molecule has 2 N–H and O–H groups in total. The molecule has 0 aromatic carbocycles. The molecule has 1 amide bonds. The monoisotopic (exact) mass is 158 g/mol. The fourth-order valence-electron chi connectivity index (χ4n) is 1.16. The summed E-state index contributed by atoms with van der Waals surface area (Å²) >= 11 is 0. The van der Waals surface area contributed by atoms with E-state index in [1.165, 1.54) is 0 Å². The molecule has 0 bridgehead atoms. The van der Waals surface area contributed by atoms with Crippen LogP contribution in [0, 0.1) is 0 Å². The summed E-state index contributed by atoms with van der Waals surface area (Å²) < 4.78 is 4.82. The minimum Gasteiger partial charge on any atom is -0.447 e. The smallest absolute Gasteiger partial charge is 0.409 e. The van der Waals surface area contributed by atoms with Gasteiger partial charge in [-0.1, -0.05) is 0 Å². The maximum absolute atomic E-state index is 10.8. The molecule has 1 aliphatic rings. The topological polar surface area (TPSA) is 55.6 Å².